The molecule has 5 aromatic rings. The van der Waals surface area contributed by atoms with Gasteiger partial charge in [0.1, 0.15) is 5.58 Å². The summed E-state index contributed by atoms with van der Waals surface area (Å²) in [6.07, 6.45) is 2.88. The zero-order valence-electron chi connectivity index (χ0n) is 19.1. The van der Waals surface area contributed by atoms with Crippen molar-refractivity contribution in [1.29, 1.82) is 0 Å². The van der Waals surface area contributed by atoms with Gasteiger partial charge in [0, 0.05) is 39.5 Å². The normalized spacial score (nSPS) is 11.4. The number of fused-ring (bicyclic) bond motifs is 1. The Morgan fingerprint density at radius 1 is 1.24 bits per heavy atom. The van der Waals surface area contributed by atoms with Gasteiger partial charge in [-0.1, -0.05) is 11.6 Å². The van der Waals surface area contributed by atoms with Crippen LogP contribution < -0.4 is 5.43 Å². The predicted octanol–water partition coefficient (Wildman–Crippen LogP) is 5.78. The number of carbonyl (C=O) groups is 1. The standard InChI is InChI=1S/C24H17ClN6O5S/c1-2-30-22(19-4-3-9-35-19)27-29-24(30)37-21-8-6-17(31(33)34)11-15(21)13-26-28-23(32)20-12-14-10-16(25)5-7-18(14)36-20/h3-13H,2H2,1H3,(H,28,32)/b26-13+. The minimum Gasteiger partial charge on any atom is -0.461 e. The van der Waals surface area contributed by atoms with E-state index in [2.05, 4.69) is 20.7 Å². The van der Waals surface area contributed by atoms with Gasteiger partial charge in [-0.15, -0.1) is 10.2 Å². The van der Waals surface area contributed by atoms with Gasteiger partial charge >= 0.3 is 5.91 Å². The van der Waals surface area contributed by atoms with Crippen molar-refractivity contribution in [1.82, 2.24) is 20.2 Å². The zero-order chi connectivity index (χ0) is 25.9. The van der Waals surface area contributed by atoms with Gasteiger partial charge in [-0.05, 0) is 61.2 Å². The summed E-state index contributed by atoms with van der Waals surface area (Å²) in [4.78, 5) is 24.0. The van der Waals surface area contributed by atoms with Crippen molar-refractivity contribution < 1.29 is 18.6 Å². The molecule has 3 aromatic heterocycles. The van der Waals surface area contributed by atoms with Crippen LogP contribution in [0.1, 0.15) is 23.0 Å². The lowest BCUT2D eigenvalue weighted by atomic mass is 10.2. The number of halogens is 1. The average Bonchev–Trinajstić information content (AvgIpc) is 3.64. The Morgan fingerprint density at radius 3 is 2.86 bits per heavy atom. The second-order valence-corrected chi connectivity index (χ2v) is 9.05. The van der Waals surface area contributed by atoms with Crippen LogP contribution in [0.5, 0.6) is 0 Å². The van der Waals surface area contributed by atoms with E-state index in [0.29, 0.717) is 49.7 Å². The minimum absolute atomic E-state index is 0.0459. The molecule has 186 valence electrons. The SMILES string of the molecule is CCn1c(Sc2ccc([N+](=O)[O-])cc2/C=N/NC(=O)c2cc3cc(Cl)ccc3o2)nnc1-c1ccco1. The van der Waals surface area contributed by atoms with Gasteiger partial charge in [-0.3, -0.25) is 19.5 Å². The number of nitro benzene ring substituents is 1. The van der Waals surface area contributed by atoms with E-state index in [9.17, 15) is 14.9 Å². The van der Waals surface area contributed by atoms with Gasteiger partial charge < -0.3 is 8.83 Å². The number of nitrogens with zero attached hydrogens (tertiary/aromatic N) is 5. The number of furan rings is 2. The van der Waals surface area contributed by atoms with Crippen molar-refractivity contribution in [2.45, 2.75) is 23.5 Å². The van der Waals surface area contributed by atoms with Crippen LogP contribution in [0.2, 0.25) is 5.02 Å². The molecule has 0 saturated heterocycles. The van der Waals surface area contributed by atoms with Crippen LogP contribution >= 0.6 is 23.4 Å². The molecule has 0 saturated carbocycles. The largest absolute Gasteiger partial charge is 0.461 e. The summed E-state index contributed by atoms with van der Waals surface area (Å²) >= 11 is 7.24. The number of nitrogens with one attached hydrogen (secondary N) is 1. The van der Waals surface area contributed by atoms with Gasteiger partial charge in [0.25, 0.3) is 5.69 Å². The molecule has 13 heteroatoms. The van der Waals surface area contributed by atoms with Crippen LogP contribution in [0.4, 0.5) is 5.69 Å². The van der Waals surface area contributed by atoms with Gasteiger partial charge in [-0.2, -0.15) is 5.10 Å². The Labute approximate surface area is 218 Å². The Balaban J connectivity index is 1.40. The summed E-state index contributed by atoms with van der Waals surface area (Å²) in [6, 6.07) is 14.4. The van der Waals surface area contributed by atoms with E-state index in [0.717, 1.165) is 0 Å². The van der Waals surface area contributed by atoms with E-state index in [1.165, 1.54) is 30.1 Å². The Kier molecular flexibility index (Phi) is 6.75. The fourth-order valence-corrected chi connectivity index (χ4v) is 4.67. The first-order valence-corrected chi connectivity index (χ1v) is 12.1. The maximum Gasteiger partial charge on any atom is 0.307 e. The van der Waals surface area contributed by atoms with Crippen molar-refractivity contribution in [3.05, 3.63) is 87.3 Å². The topological polar surface area (TPSA) is 142 Å². The van der Waals surface area contributed by atoms with Crippen LogP contribution in [0.3, 0.4) is 0 Å². The van der Waals surface area contributed by atoms with E-state index < -0.39 is 10.8 Å². The smallest absolute Gasteiger partial charge is 0.307 e. The van der Waals surface area contributed by atoms with Crippen molar-refractivity contribution in [2.24, 2.45) is 5.10 Å². The maximum absolute atomic E-state index is 12.5. The van der Waals surface area contributed by atoms with Crippen LogP contribution in [-0.4, -0.2) is 31.8 Å². The maximum atomic E-state index is 12.5. The summed E-state index contributed by atoms with van der Waals surface area (Å²) in [5, 5.41) is 25.6. The molecule has 3 heterocycles. The van der Waals surface area contributed by atoms with Crippen molar-refractivity contribution in [3.8, 4) is 11.6 Å². The summed E-state index contributed by atoms with van der Waals surface area (Å²) < 4.78 is 12.8. The summed E-state index contributed by atoms with van der Waals surface area (Å²) in [6.45, 7) is 2.51. The lowest BCUT2D eigenvalue weighted by molar-refractivity contribution is -0.384. The molecule has 0 atom stereocenters. The average molecular weight is 537 g/mol. The van der Waals surface area contributed by atoms with E-state index in [4.69, 9.17) is 20.4 Å². The summed E-state index contributed by atoms with van der Waals surface area (Å²) in [5.41, 5.74) is 3.17. The highest BCUT2D eigenvalue weighted by Crippen LogP contribution is 2.33. The van der Waals surface area contributed by atoms with Crippen molar-refractivity contribution >= 4 is 52.1 Å². The number of aromatic nitrogens is 3. The molecular formula is C24H17ClN6O5S. The third-order valence-corrected chi connectivity index (χ3v) is 6.56. The van der Waals surface area contributed by atoms with Gasteiger partial charge in [0.05, 0.1) is 17.4 Å². The fourth-order valence-electron chi connectivity index (χ4n) is 3.52. The van der Waals surface area contributed by atoms with Crippen LogP contribution in [0.15, 0.2) is 84.8 Å². The summed E-state index contributed by atoms with van der Waals surface area (Å²) in [5.74, 6) is 0.593. The number of benzene rings is 2. The molecule has 0 aliphatic heterocycles. The number of non-ortho nitro benzene ring substituents is 1. The highest BCUT2D eigenvalue weighted by atomic mass is 35.5. The molecule has 2 aromatic carbocycles. The first-order valence-electron chi connectivity index (χ1n) is 10.9. The third-order valence-electron chi connectivity index (χ3n) is 5.25. The van der Waals surface area contributed by atoms with E-state index in [1.54, 1.807) is 48.7 Å². The molecule has 0 bridgehead atoms. The number of hydrogen-bond donors (Lipinski definition) is 1. The molecule has 1 amide bonds. The second kappa shape index (κ2) is 10.3. The molecule has 0 unspecified atom stereocenters. The minimum atomic E-state index is -0.586. The molecule has 0 radical (unpaired) electrons. The molecule has 0 fully saturated rings. The van der Waals surface area contributed by atoms with E-state index in [1.807, 2.05) is 11.5 Å². The molecule has 0 spiro atoms. The number of rotatable bonds is 8. The van der Waals surface area contributed by atoms with Gasteiger partial charge in [0.2, 0.25) is 0 Å². The van der Waals surface area contributed by atoms with Crippen LogP contribution in [0, 0.1) is 10.1 Å². The van der Waals surface area contributed by atoms with E-state index in [-0.39, 0.29) is 11.4 Å². The number of carbonyl (C=O) groups excluding carboxylic acids is 1. The number of hydrazone groups is 1. The number of amides is 1. The molecule has 1 N–H and O–H groups in total. The first-order chi connectivity index (χ1) is 17.9. The van der Waals surface area contributed by atoms with Crippen LogP contribution in [-0.2, 0) is 6.54 Å². The monoisotopic (exact) mass is 536 g/mol. The highest BCUT2D eigenvalue weighted by molar-refractivity contribution is 7.99. The lowest BCUT2D eigenvalue weighted by Gasteiger charge is -2.08. The molecular weight excluding hydrogens is 520 g/mol. The highest BCUT2D eigenvalue weighted by Gasteiger charge is 2.18. The van der Waals surface area contributed by atoms with Gasteiger partial charge in [0.15, 0.2) is 22.5 Å². The van der Waals surface area contributed by atoms with E-state index >= 15 is 0 Å². The Morgan fingerprint density at radius 2 is 2.11 bits per heavy atom. The quantitative estimate of drug-likeness (QED) is 0.149. The zero-order valence-corrected chi connectivity index (χ0v) is 20.7. The first kappa shape index (κ1) is 24.3. The molecule has 0 aliphatic carbocycles. The lowest BCUT2D eigenvalue weighted by Crippen LogP contribution is -2.16. The second-order valence-electron chi connectivity index (χ2n) is 7.60. The molecule has 5 rings (SSSR count). The molecule has 37 heavy (non-hydrogen) atoms. The van der Waals surface area contributed by atoms with Crippen LogP contribution in [0.25, 0.3) is 22.6 Å². The van der Waals surface area contributed by atoms with Crippen molar-refractivity contribution in [2.75, 3.05) is 0 Å². The Bertz CT molecular complexity index is 1640. The van der Waals surface area contributed by atoms with Crippen molar-refractivity contribution in [3.63, 3.8) is 0 Å². The molecule has 0 aliphatic rings. The fraction of sp³-hybridized carbons (Fsp3) is 0.0833. The number of hydrogen-bond acceptors (Lipinski definition) is 9. The number of nitro groups is 1. The Hall–Kier alpha value is -4.42. The summed E-state index contributed by atoms with van der Waals surface area (Å²) in [7, 11) is 0. The van der Waals surface area contributed by atoms with Gasteiger partial charge in [-0.25, -0.2) is 5.43 Å². The third kappa shape index (κ3) is 5.10. The molecule has 11 nitrogen and oxygen atoms in total. The predicted molar refractivity (Wildman–Crippen MR) is 137 cm³/mol.